The van der Waals surface area contributed by atoms with Gasteiger partial charge in [0.15, 0.2) is 5.76 Å². The molecule has 1 N–H and O–H groups in total. The SMILES string of the molecule is CC(OCc1cc(-c2cc(F)ccc2F)no1)C(O)(Cn1cncn1)c1ccc(F)cc1F. The maximum absolute atomic E-state index is 14.6. The van der Waals surface area contributed by atoms with Crippen molar-refractivity contribution in [2.45, 2.75) is 31.8 Å². The molecule has 0 fully saturated rings. The van der Waals surface area contributed by atoms with E-state index in [1.54, 1.807) is 0 Å². The quantitative estimate of drug-likeness (QED) is 0.399. The Kier molecular flexibility index (Phi) is 6.25. The Morgan fingerprint density at radius 1 is 1.06 bits per heavy atom. The maximum Gasteiger partial charge on any atom is 0.163 e. The molecule has 2 heterocycles. The molecule has 0 radical (unpaired) electrons. The van der Waals surface area contributed by atoms with E-state index in [1.807, 2.05) is 0 Å². The maximum atomic E-state index is 14.6. The van der Waals surface area contributed by atoms with Crippen LogP contribution in [0.5, 0.6) is 0 Å². The van der Waals surface area contributed by atoms with Gasteiger partial charge >= 0.3 is 0 Å². The third kappa shape index (κ3) is 4.78. The van der Waals surface area contributed by atoms with E-state index in [-0.39, 0.29) is 35.7 Å². The molecule has 0 amide bonds. The van der Waals surface area contributed by atoms with Gasteiger partial charge in [0.05, 0.1) is 12.6 Å². The number of nitrogens with zero attached hydrogens (tertiary/aromatic N) is 4. The van der Waals surface area contributed by atoms with Crippen molar-refractivity contribution in [1.29, 1.82) is 0 Å². The smallest absolute Gasteiger partial charge is 0.163 e. The number of rotatable bonds is 8. The zero-order chi connectivity index (χ0) is 23.6. The van der Waals surface area contributed by atoms with Gasteiger partial charge in [-0.15, -0.1) is 0 Å². The number of ether oxygens (including phenoxy) is 1. The van der Waals surface area contributed by atoms with Crippen molar-refractivity contribution in [3.8, 4) is 11.3 Å². The number of hydrogen-bond donors (Lipinski definition) is 1. The number of hydrogen-bond acceptors (Lipinski definition) is 6. The van der Waals surface area contributed by atoms with E-state index in [4.69, 9.17) is 9.26 Å². The Morgan fingerprint density at radius 3 is 2.55 bits per heavy atom. The lowest BCUT2D eigenvalue weighted by atomic mass is 9.88. The van der Waals surface area contributed by atoms with Gasteiger partial charge in [0.1, 0.15) is 53.8 Å². The van der Waals surface area contributed by atoms with Crippen molar-refractivity contribution < 1.29 is 31.9 Å². The molecule has 7 nitrogen and oxygen atoms in total. The van der Waals surface area contributed by atoms with Crippen molar-refractivity contribution in [2.24, 2.45) is 0 Å². The molecular formula is C22H18F4N4O3. The third-order valence-corrected chi connectivity index (χ3v) is 5.18. The van der Waals surface area contributed by atoms with Crippen LogP contribution >= 0.6 is 0 Å². The summed E-state index contributed by atoms with van der Waals surface area (Å²) in [5.74, 6) is -2.92. The van der Waals surface area contributed by atoms with Crippen LogP contribution in [0.4, 0.5) is 17.6 Å². The normalized spacial score (nSPS) is 14.2. The van der Waals surface area contributed by atoms with Gasteiger partial charge in [-0.3, -0.25) is 0 Å². The second-order valence-corrected chi connectivity index (χ2v) is 7.40. The highest BCUT2D eigenvalue weighted by Gasteiger charge is 2.40. The summed E-state index contributed by atoms with van der Waals surface area (Å²) in [6.45, 7) is 1.02. The van der Waals surface area contributed by atoms with Crippen molar-refractivity contribution in [3.63, 3.8) is 0 Å². The fourth-order valence-electron chi connectivity index (χ4n) is 3.38. The van der Waals surface area contributed by atoms with Crippen LogP contribution < -0.4 is 0 Å². The monoisotopic (exact) mass is 462 g/mol. The predicted molar refractivity (Wildman–Crippen MR) is 106 cm³/mol. The molecule has 172 valence electrons. The minimum absolute atomic E-state index is 0.0562. The van der Waals surface area contributed by atoms with Crippen LogP contribution in [-0.2, 0) is 23.5 Å². The highest BCUT2D eigenvalue weighted by molar-refractivity contribution is 5.59. The first-order valence-corrected chi connectivity index (χ1v) is 9.79. The standard InChI is InChI=1S/C22H18F4N4O3/c1-13(32-9-16-8-21(29-33-16)17-6-14(23)3-5-19(17)25)22(31,10-30-12-27-11-28-30)18-4-2-15(24)7-20(18)26/h2-8,11-13,31H,9-10H2,1H3. The van der Waals surface area contributed by atoms with Crippen LogP contribution in [-0.4, -0.2) is 31.1 Å². The summed E-state index contributed by atoms with van der Waals surface area (Å²) in [7, 11) is 0. The average Bonchev–Trinajstić information content (AvgIpc) is 3.45. The van der Waals surface area contributed by atoms with E-state index in [0.717, 1.165) is 30.3 Å². The van der Waals surface area contributed by atoms with E-state index in [0.29, 0.717) is 6.07 Å². The summed E-state index contributed by atoms with van der Waals surface area (Å²) >= 11 is 0. The Morgan fingerprint density at radius 2 is 1.82 bits per heavy atom. The van der Waals surface area contributed by atoms with E-state index in [2.05, 4.69) is 15.2 Å². The molecule has 0 saturated carbocycles. The molecule has 0 bridgehead atoms. The second kappa shape index (κ2) is 9.12. The Bertz CT molecular complexity index is 1250. The summed E-state index contributed by atoms with van der Waals surface area (Å²) in [4.78, 5) is 3.80. The summed E-state index contributed by atoms with van der Waals surface area (Å²) in [5, 5.41) is 19.1. The van der Waals surface area contributed by atoms with Gasteiger partial charge in [-0.2, -0.15) is 5.10 Å². The molecule has 0 aliphatic rings. The van der Waals surface area contributed by atoms with Crippen LogP contribution in [0.1, 0.15) is 18.2 Å². The van der Waals surface area contributed by atoms with Crippen molar-refractivity contribution in [3.05, 3.63) is 89.7 Å². The first-order chi connectivity index (χ1) is 15.8. The van der Waals surface area contributed by atoms with Crippen molar-refractivity contribution >= 4 is 0 Å². The molecule has 4 aromatic rings. The number of aromatic nitrogens is 4. The van der Waals surface area contributed by atoms with Gasteiger partial charge in [0, 0.05) is 23.3 Å². The predicted octanol–water partition coefficient (Wildman–Crippen LogP) is 3.98. The lowest BCUT2D eigenvalue weighted by Gasteiger charge is -2.34. The van der Waals surface area contributed by atoms with E-state index >= 15 is 0 Å². The van der Waals surface area contributed by atoms with Crippen molar-refractivity contribution in [1.82, 2.24) is 19.9 Å². The average molecular weight is 462 g/mol. The Labute approximate surface area is 185 Å². The van der Waals surface area contributed by atoms with Crippen LogP contribution in [0, 0.1) is 23.3 Å². The lowest BCUT2D eigenvalue weighted by molar-refractivity contribution is -0.126. The van der Waals surface area contributed by atoms with Gasteiger partial charge in [-0.05, 0) is 31.2 Å². The minimum atomic E-state index is -1.97. The van der Waals surface area contributed by atoms with Crippen LogP contribution in [0.2, 0.25) is 0 Å². The molecule has 33 heavy (non-hydrogen) atoms. The largest absolute Gasteiger partial charge is 0.380 e. The lowest BCUT2D eigenvalue weighted by Crippen LogP contribution is -2.44. The summed E-state index contributed by atoms with van der Waals surface area (Å²) in [6, 6.07) is 7.10. The summed E-state index contributed by atoms with van der Waals surface area (Å²) in [6.07, 6.45) is 1.52. The molecule has 0 spiro atoms. The molecule has 2 atom stereocenters. The first kappa shape index (κ1) is 22.6. The molecule has 0 aliphatic carbocycles. The highest BCUT2D eigenvalue weighted by Crippen LogP contribution is 2.32. The zero-order valence-corrected chi connectivity index (χ0v) is 17.3. The third-order valence-electron chi connectivity index (χ3n) is 5.18. The van der Waals surface area contributed by atoms with Gasteiger partial charge in [-0.1, -0.05) is 11.2 Å². The number of benzene rings is 2. The van der Waals surface area contributed by atoms with E-state index < -0.39 is 35.0 Å². The van der Waals surface area contributed by atoms with Crippen LogP contribution in [0.25, 0.3) is 11.3 Å². The number of aliphatic hydroxyl groups is 1. The molecule has 4 rings (SSSR count). The summed E-state index contributed by atoms with van der Waals surface area (Å²) in [5.41, 5.74) is -2.20. The molecule has 2 aromatic carbocycles. The molecule has 0 aliphatic heterocycles. The minimum Gasteiger partial charge on any atom is -0.380 e. The number of halogens is 4. The molecular weight excluding hydrogens is 444 g/mol. The molecule has 2 aromatic heterocycles. The zero-order valence-electron chi connectivity index (χ0n) is 17.3. The van der Waals surface area contributed by atoms with E-state index in [1.165, 1.54) is 30.3 Å². The fraction of sp³-hybridized carbons (Fsp3) is 0.227. The Hall–Kier alpha value is -3.57. The van der Waals surface area contributed by atoms with Gasteiger partial charge in [0.2, 0.25) is 0 Å². The molecule has 0 saturated heterocycles. The topological polar surface area (TPSA) is 86.2 Å². The molecule has 11 heteroatoms. The van der Waals surface area contributed by atoms with Crippen LogP contribution in [0.15, 0.2) is 59.6 Å². The highest BCUT2D eigenvalue weighted by atomic mass is 19.1. The summed E-state index contributed by atoms with van der Waals surface area (Å²) < 4.78 is 67.6. The van der Waals surface area contributed by atoms with Gasteiger partial charge < -0.3 is 14.4 Å². The van der Waals surface area contributed by atoms with Crippen LogP contribution in [0.3, 0.4) is 0 Å². The molecule has 2 unspecified atom stereocenters. The van der Waals surface area contributed by atoms with E-state index in [9.17, 15) is 22.7 Å². The van der Waals surface area contributed by atoms with Gasteiger partial charge in [0.25, 0.3) is 0 Å². The van der Waals surface area contributed by atoms with Crippen molar-refractivity contribution in [2.75, 3.05) is 0 Å². The van der Waals surface area contributed by atoms with Gasteiger partial charge in [-0.25, -0.2) is 27.2 Å². The fourth-order valence-corrected chi connectivity index (χ4v) is 3.38. The first-order valence-electron chi connectivity index (χ1n) is 9.79. The Balaban J connectivity index is 1.56. The second-order valence-electron chi connectivity index (χ2n) is 7.40.